The molecule has 1 aromatic heterocycles. The lowest BCUT2D eigenvalue weighted by molar-refractivity contribution is -0.0921. The van der Waals surface area contributed by atoms with Gasteiger partial charge in [-0.2, -0.15) is 0 Å². The summed E-state index contributed by atoms with van der Waals surface area (Å²) >= 11 is 1.62. The van der Waals surface area contributed by atoms with E-state index in [9.17, 15) is 9.90 Å². The maximum Gasteiger partial charge on any atom is 0.261 e. The number of hydrogen-bond donors (Lipinski definition) is 2. The number of hydrogen-bond acceptors (Lipinski definition) is 5. The number of aliphatic hydroxyl groups is 1. The van der Waals surface area contributed by atoms with E-state index < -0.39 is 0 Å². The van der Waals surface area contributed by atoms with Gasteiger partial charge in [0.25, 0.3) is 5.91 Å². The molecule has 2 atom stereocenters. The number of nitrogens with one attached hydrogen (secondary N) is 1. The van der Waals surface area contributed by atoms with Gasteiger partial charge in [0, 0.05) is 36.5 Å². The lowest BCUT2D eigenvalue weighted by atomic mass is 9.85. The van der Waals surface area contributed by atoms with E-state index in [4.69, 9.17) is 4.74 Å². The Kier molecular flexibility index (Phi) is 4.88. The van der Waals surface area contributed by atoms with Gasteiger partial charge in [-0.1, -0.05) is 6.42 Å². The van der Waals surface area contributed by atoms with Crippen LogP contribution in [0.15, 0.2) is 6.07 Å². The average molecular weight is 365 g/mol. The fourth-order valence-electron chi connectivity index (χ4n) is 4.57. The van der Waals surface area contributed by atoms with Gasteiger partial charge >= 0.3 is 0 Å². The lowest BCUT2D eigenvalue weighted by Crippen LogP contribution is -2.44. The van der Waals surface area contributed by atoms with Crippen molar-refractivity contribution >= 4 is 17.2 Å². The first-order valence-electron chi connectivity index (χ1n) is 9.49. The van der Waals surface area contributed by atoms with E-state index in [0.717, 1.165) is 63.1 Å². The number of amides is 1. The van der Waals surface area contributed by atoms with Crippen molar-refractivity contribution in [2.24, 2.45) is 5.92 Å². The van der Waals surface area contributed by atoms with Gasteiger partial charge in [-0.3, -0.25) is 4.79 Å². The molecule has 0 unspecified atom stereocenters. The van der Waals surface area contributed by atoms with E-state index in [2.05, 4.69) is 23.3 Å². The zero-order chi connectivity index (χ0) is 17.4. The van der Waals surface area contributed by atoms with Crippen molar-refractivity contribution < 1.29 is 14.6 Å². The quantitative estimate of drug-likeness (QED) is 0.863. The van der Waals surface area contributed by atoms with Gasteiger partial charge in [0.1, 0.15) is 5.60 Å². The Morgan fingerprint density at radius 2 is 2.24 bits per heavy atom. The van der Waals surface area contributed by atoms with Crippen LogP contribution in [0.2, 0.25) is 0 Å². The zero-order valence-electron chi connectivity index (χ0n) is 14.9. The molecule has 4 rings (SSSR count). The molecule has 3 aliphatic rings. The highest BCUT2D eigenvalue weighted by Gasteiger charge is 2.42. The van der Waals surface area contributed by atoms with Crippen molar-refractivity contribution in [1.29, 1.82) is 0 Å². The summed E-state index contributed by atoms with van der Waals surface area (Å²) in [5.74, 6) is 0.231. The van der Waals surface area contributed by atoms with E-state index in [1.54, 1.807) is 11.3 Å². The summed E-state index contributed by atoms with van der Waals surface area (Å²) in [6.07, 6.45) is 5.98. The second-order valence-electron chi connectivity index (χ2n) is 7.81. The van der Waals surface area contributed by atoms with Crippen molar-refractivity contribution in [3.63, 3.8) is 0 Å². The number of ether oxygens (including phenoxy) is 1. The van der Waals surface area contributed by atoms with Gasteiger partial charge < -0.3 is 20.1 Å². The molecule has 2 aliphatic heterocycles. The standard InChI is InChI=1S/C19H28N2O3S/c1-21-8-6-19(7-9-21)17-13(5-10-24-19)11-16(25-17)18(23)20-15-4-2-3-14(15)12-22/h11,14-15,22H,2-10,12H2,1H3,(H,20,23)/t14-,15-/m0/s1. The van der Waals surface area contributed by atoms with Crippen LogP contribution >= 0.6 is 11.3 Å². The Hall–Kier alpha value is -0.950. The summed E-state index contributed by atoms with van der Waals surface area (Å²) in [4.78, 5) is 17.2. The third-order valence-corrected chi connectivity index (χ3v) is 7.56. The number of fused-ring (bicyclic) bond motifs is 2. The zero-order valence-corrected chi connectivity index (χ0v) is 15.7. The molecule has 138 valence electrons. The minimum absolute atomic E-state index is 0.0211. The van der Waals surface area contributed by atoms with Crippen molar-refractivity contribution in [2.75, 3.05) is 33.4 Å². The van der Waals surface area contributed by atoms with Crippen LogP contribution in [0.1, 0.15) is 52.2 Å². The molecule has 2 fully saturated rings. The van der Waals surface area contributed by atoms with E-state index in [0.29, 0.717) is 0 Å². The number of thiophene rings is 1. The molecule has 0 radical (unpaired) electrons. The normalized spacial score (nSPS) is 28.9. The molecule has 2 N–H and O–H groups in total. The monoisotopic (exact) mass is 364 g/mol. The summed E-state index contributed by atoms with van der Waals surface area (Å²) in [5.41, 5.74) is 1.13. The van der Waals surface area contributed by atoms with Crippen molar-refractivity contribution in [3.05, 3.63) is 21.4 Å². The number of nitrogens with zero attached hydrogens (tertiary/aromatic N) is 1. The molecule has 1 saturated carbocycles. The molecule has 1 aliphatic carbocycles. The number of carbonyl (C=O) groups is 1. The Bertz CT molecular complexity index is 637. The largest absolute Gasteiger partial charge is 0.396 e. The van der Waals surface area contributed by atoms with Crippen LogP contribution in [0, 0.1) is 5.92 Å². The number of piperidine rings is 1. The topological polar surface area (TPSA) is 61.8 Å². The van der Waals surface area contributed by atoms with E-state index >= 15 is 0 Å². The molecular formula is C19H28N2O3S. The summed E-state index contributed by atoms with van der Waals surface area (Å²) in [5, 5.41) is 12.6. The minimum atomic E-state index is -0.176. The number of rotatable bonds is 3. The number of carbonyl (C=O) groups excluding carboxylic acids is 1. The minimum Gasteiger partial charge on any atom is -0.396 e. The SMILES string of the molecule is CN1CCC2(CC1)OCCc1cc(C(=O)N[C@H]3CCC[C@H]3CO)sc12. The summed E-state index contributed by atoms with van der Waals surface area (Å²) in [6.45, 7) is 3.00. The fraction of sp³-hybridized carbons (Fsp3) is 0.737. The highest BCUT2D eigenvalue weighted by molar-refractivity contribution is 7.14. The van der Waals surface area contributed by atoms with Gasteiger partial charge in [-0.25, -0.2) is 0 Å². The third kappa shape index (κ3) is 3.25. The van der Waals surface area contributed by atoms with Gasteiger partial charge in [0.05, 0.1) is 11.5 Å². The van der Waals surface area contributed by atoms with Crippen LogP contribution in [0.3, 0.4) is 0 Å². The fourth-order valence-corrected chi connectivity index (χ4v) is 5.88. The van der Waals surface area contributed by atoms with E-state index in [-0.39, 0.29) is 30.1 Å². The van der Waals surface area contributed by atoms with Gasteiger partial charge in [-0.15, -0.1) is 11.3 Å². The number of aliphatic hydroxyl groups excluding tert-OH is 1. The van der Waals surface area contributed by atoms with Crippen LogP contribution in [0.25, 0.3) is 0 Å². The van der Waals surface area contributed by atoms with Crippen molar-refractivity contribution in [2.45, 2.75) is 50.2 Å². The van der Waals surface area contributed by atoms with Crippen LogP contribution in [0.4, 0.5) is 0 Å². The summed E-state index contributed by atoms with van der Waals surface area (Å²) in [6, 6.07) is 2.20. The van der Waals surface area contributed by atoms with Crippen LogP contribution < -0.4 is 5.32 Å². The summed E-state index contributed by atoms with van der Waals surface area (Å²) in [7, 11) is 2.16. The Balaban J connectivity index is 1.53. The van der Waals surface area contributed by atoms with Crippen molar-refractivity contribution in [3.8, 4) is 0 Å². The molecule has 1 amide bonds. The first-order chi connectivity index (χ1) is 12.1. The predicted molar refractivity (Wildman–Crippen MR) is 98.1 cm³/mol. The van der Waals surface area contributed by atoms with Crippen LogP contribution in [-0.4, -0.2) is 55.3 Å². The molecule has 0 aromatic carbocycles. The van der Waals surface area contributed by atoms with Crippen LogP contribution in [-0.2, 0) is 16.8 Å². The molecule has 6 heteroatoms. The number of likely N-dealkylation sites (tertiary alicyclic amines) is 1. The molecule has 1 saturated heterocycles. The maximum absolute atomic E-state index is 12.8. The average Bonchev–Trinajstić information content (AvgIpc) is 3.25. The Labute approximate surface area is 153 Å². The van der Waals surface area contributed by atoms with Crippen LogP contribution in [0.5, 0.6) is 0 Å². The molecule has 5 nitrogen and oxygen atoms in total. The van der Waals surface area contributed by atoms with Gasteiger partial charge in [0.2, 0.25) is 0 Å². The second-order valence-corrected chi connectivity index (χ2v) is 8.87. The van der Waals surface area contributed by atoms with E-state index in [1.165, 1.54) is 10.4 Å². The Morgan fingerprint density at radius 1 is 1.44 bits per heavy atom. The molecule has 0 bridgehead atoms. The first-order valence-corrected chi connectivity index (χ1v) is 10.3. The molecule has 1 spiro atoms. The van der Waals surface area contributed by atoms with Gasteiger partial charge in [-0.05, 0) is 50.8 Å². The highest BCUT2D eigenvalue weighted by atomic mass is 32.1. The molecular weight excluding hydrogens is 336 g/mol. The third-order valence-electron chi connectivity index (χ3n) is 6.20. The molecule has 3 heterocycles. The van der Waals surface area contributed by atoms with E-state index in [1.807, 2.05) is 0 Å². The Morgan fingerprint density at radius 3 is 3.00 bits per heavy atom. The molecule has 25 heavy (non-hydrogen) atoms. The first kappa shape index (κ1) is 17.5. The second kappa shape index (κ2) is 6.99. The summed E-state index contributed by atoms with van der Waals surface area (Å²) < 4.78 is 6.26. The smallest absolute Gasteiger partial charge is 0.261 e. The predicted octanol–water partition coefficient (Wildman–Crippen LogP) is 2.13. The maximum atomic E-state index is 12.8. The molecule has 1 aromatic rings. The van der Waals surface area contributed by atoms with Crippen molar-refractivity contribution in [1.82, 2.24) is 10.2 Å². The highest BCUT2D eigenvalue weighted by Crippen LogP contribution is 2.45. The van der Waals surface area contributed by atoms with Gasteiger partial charge in [0.15, 0.2) is 0 Å². The lowest BCUT2D eigenvalue weighted by Gasteiger charge is -2.42.